The molecule has 0 aliphatic carbocycles. The zero-order valence-electron chi connectivity index (χ0n) is 16.1. The molecule has 0 unspecified atom stereocenters. The van der Waals surface area contributed by atoms with Gasteiger partial charge in [-0.15, -0.1) is 0 Å². The molecule has 2 aromatic carbocycles. The zero-order chi connectivity index (χ0) is 19.3. The molecular formula is C23H25N3O2. The molecule has 1 aliphatic heterocycles. The molecule has 0 bridgehead atoms. The van der Waals surface area contributed by atoms with Crippen molar-refractivity contribution in [1.82, 2.24) is 9.88 Å². The number of ether oxygens (including phenoxy) is 1. The van der Waals surface area contributed by atoms with Gasteiger partial charge in [-0.3, -0.25) is 9.88 Å². The second-order valence-corrected chi connectivity index (χ2v) is 7.29. The lowest BCUT2D eigenvalue weighted by Crippen LogP contribution is -2.38. The summed E-state index contributed by atoms with van der Waals surface area (Å²) in [6.07, 6.45) is 5.94. The second kappa shape index (κ2) is 8.40. The molecular weight excluding hydrogens is 350 g/mol. The van der Waals surface area contributed by atoms with Gasteiger partial charge < -0.3 is 10.1 Å². The highest BCUT2D eigenvalue weighted by Gasteiger charge is 2.20. The molecule has 4 rings (SSSR count). The maximum Gasteiger partial charge on any atom is 0.337 e. The minimum Gasteiger partial charge on any atom is -0.465 e. The molecule has 0 spiro atoms. The normalized spacial score (nSPS) is 15.5. The average Bonchev–Trinajstić information content (AvgIpc) is 2.75. The molecule has 2 heterocycles. The standard InChI is InChI=1S/C23H25N3O2/c1-28-23(27)18-5-2-4-17(14-18)16-26-12-9-20(10-13-26)25-22-7-3-6-19-15-24-11-8-21(19)22/h2-8,11,14-15,20,25H,9-10,12-13,16H2,1H3. The van der Waals surface area contributed by atoms with Crippen molar-refractivity contribution >= 4 is 22.4 Å². The van der Waals surface area contributed by atoms with E-state index < -0.39 is 0 Å². The van der Waals surface area contributed by atoms with Crippen molar-refractivity contribution in [2.75, 3.05) is 25.5 Å². The number of pyridine rings is 1. The van der Waals surface area contributed by atoms with Crippen LogP contribution in [0.1, 0.15) is 28.8 Å². The number of benzene rings is 2. The van der Waals surface area contributed by atoms with Crippen molar-refractivity contribution in [3.63, 3.8) is 0 Å². The van der Waals surface area contributed by atoms with Crippen LogP contribution in [0.15, 0.2) is 60.9 Å². The maximum absolute atomic E-state index is 11.7. The van der Waals surface area contributed by atoms with E-state index in [2.05, 4.69) is 45.5 Å². The summed E-state index contributed by atoms with van der Waals surface area (Å²) in [6, 6.07) is 16.6. The predicted molar refractivity (Wildman–Crippen MR) is 111 cm³/mol. The number of nitrogens with one attached hydrogen (secondary N) is 1. The van der Waals surface area contributed by atoms with Crippen LogP contribution in [0, 0.1) is 0 Å². The largest absolute Gasteiger partial charge is 0.465 e. The number of carbonyl (C=O) groups is 1. The van der Waals surface area contributed by atoms with Gasteiger partial charge in [-0.05, 0) is 42.7 Å². The van der Waals surface area contributed by atoms with Crippen LogP contribution in [0.25, 0.3) is 10.8 Å². The van der Waals surface area contributed by atoms with Gasteiger partial charge in [0, 0.05) is 54.5 Å². The Hall–Kier alpha value is -2.92. The molecule has 1 aliphatic rings. The minimum absolute atomic E-state index is 0.282. The number of likely N-dealkylation sites (tertiary alicyclic amines) is 1. The maximum atomic E-state index is 11.7. The first kappa shape index (κ1) is 18.4. The lowest BCUT2D eigenvalue weighted by Gasteiger charge is -2.33. The Kier molecular flexibility index (Phi) is 5.53. The van der Waals surface area contributed by atoms with E-state index in [4.69, 9.17) is 4.74 Å². The van der Waals surface area contributed by atoms with E-state index in [9.17, 15) is 4.79 Å². The first-order valence-corrected chi connectivity index (χ1v) is 9.72. The van der Waals surface area contributed by atoms with Gasteiger partial charge in [-0.25, -0.2) is 4.79 Å². The van der Waals surface area contributed by atoms with Crippen molar-refractivity contribution in [3.05, 3.63) is 72.1 Å². The molecule has 144 valence electrons. The molecule has 0 amide bonds. The Bertz CT molecular complexity index is 959. The number of anilines is 1. The van der Waals surface area contributed by atoms with Gasteiger partial charge in [0.1, 0.15) is 0 Å². The molecule has 0 saturated carbocycles. The zero-order valence-corrected chi connectivity index (χ0v) is 16.1. The van der Waals surface area contributed by atoms with E-state index in [-0.39, 0.29) is 5.97 Å². The van der Waals surface area contributed by atoms with E-state index in [1.165, 1.54) is 18.2 Å². The molecule has 1 aromatic heterocycles. The third kappa shape index (κ3) is 4.15. The Labute approximate surface area is 165 Å². The lowest BCUT2D eigenvalue weighted by atomic mass is 10.0. The summed E-state index contributed by atoms with van der Waals surface area (Å²) in [4.78, 5) is 18.4. The van der Waals surface area contributed by atoms with Crippen LogP contribution >= 0.6 is 0 Å². The third-order valence-electron chi connectivity index (χ3n) is 5.38. The van der Waals surface area contributed by atoms with E-state index in [0.29, 0.717) is 11.6 Å². The van der Waals surface area contributed by atoms with Gasteiger partial charge in [-0.2, -0.15) is 0 Å². The first-order chi connectivity index (χ1) is 13.7. The number of nitrogens with zero attached hydrogens (tertiary/aromatic N) is 2. The number of rotatable bonds is 5. The van der Waals surface area contributed by atoms with Crippen LogP contribution in [0.2, 0.25) is 0 Å². The molecule has 28 heavy (non-hydrogen) atoms. The lowest BCUT2D eigenvalue weighted by molar-refractivity contribution is 0.0600. The molecule has 1 N–H and O–H groups in total. The molecule has 0 radical (unpaired) electrons. The Morgan fingerprint density at radius 1 is 1.18 bits per heavy atom. The highest BCUT2D eigenvalue weighted by atomic mass is 16.5. The number of esters is 1. The Morgan fingerprint density at radius 2 is 2.00 bits per heavy atom. The monoisotopic (exact) mass is 375 g/mol. The molecule has 3 aromatic rings. The minimum atomic E-state index is -0.282. The average molecular weight is 375 g/mol. The fourth-order valence-electron chi connectivity index (χ4n) is 3.88. The number of carbonyl (C=O) groups excluding carboxylic acids is 1. The van der Waals surface area contributed by atoms with E-state index in [1.807, 2.05) is 24.5 Å². The summed E-state index contributed by atoms with van der Waals surface area (Å²) in [5.74, 6) is -0.282. The highest BCUT2D eigenvalue weighted by Crippen LogP contribution is 2.25. The van der Waals surface area contributed by atoms with Crippen LogP contribution in [-0.4, -0.2) is 42.1 Å². The number of methoxy groups -OCH3 is 1. The third-order valence-corrected chi connectivity index (χ3v) is 5.38. The van der Waals surface area contributed by atoms with Crippen molar-refractivity contribution < 1.29 is 9.53 Å². The number of aromatic nitrogens is 1. The Balaban J connectivity index is 1.35. The summed E-state index contributed by atoms with van der Waals surface area (Å²) >= 11 is 0. The van der Waals surface area contributed by atoms with Crippen LogP contribution in [0.3, 0.4) is 0 Å². The van der Waals surface area contributed by atoms with E-state index >= 15 is 0 Å². The smallest absolute Gasteiger partial charge is 0.337 e. The quantitative estimate of drug-likeness (QED) is 0.681. The molecule has 1 saturated heterocycles. The second-order valence-electron chi connectivity index (χ2n) is 7.29. The predicted octanol–water partition coefficient (Wildman–Crippen LogP) is 4.10. The van der Waals surface area contributed by atoms with Crippen molar-refractivity contribution in [2.45, 2.75) is 25.4 Å². The van der Waals surface area contributed by atoms with Crippen LogP contribution in [0.4, 0.5) is 5.69 Å². The van der Waals surface area contributed by atoms with Crippen LogP contribution < -0.4 is 5.32 Å². The molecule has 5 nitrogen and oxygen atoms in total. The van der Waals surface area contributed by atoms with Gasteiger partial charge in [0.2, 0.25) is 0 Å². The fraction of sp³-hybridized carbons (Fsp3) is 0.304. The van der Waals surface area contributed by atoms with Crippen LogP contribution in [0.5, 0.6) is 0 Å². The number of hydrogen-bond donors (Lipinski definition) is 1. The summed E-state index contributed by atoms with van der Waals surface area (Å²) < 4.78 is 4.82. The first-order valence-electron chi connectivity index (χ1n) is 9.72. The number of hydrogen-bond acceptors (Lipinski definition) is 5. The summed E-state index contributed by atoms with van der Waals surface area (Å²) in [6.45, 7) is 2.93. The van der Waals surface area contributed by atoms with E-state index in [1.54, 1.807) is 6.07 Å². The topological polar surface area (TPSA) is 54.5 Å². The van der Waals surface area contributed by atoms with Gasteiger partial charge in [0.15, 0.2) is 0 Å². The summed E-state index contributed by atoms with van der Waals surface area (Å²) in [5.41, 5.74) is 2.95. The summed E-state index contributed by atoms with van der Waals surface area (Å²) in [7, 11) is 1.42. The molecule has 1 fully saturated rings. The number of piperidine rings is 1. The van der Waals surface area contributed by atoms with Crippen LogP contribution in [-0.2, 0) is 11.3 Å². The SMILES string of the molecule is COC(=O)c1cccc(CN2CCC(Nc3cccc4cnccc34)CC2)c1. The van der Waals surface area contributed by atoms with Gasteiger partial charge in [0.25, 0.3) is 0 Å². The van der Waals surface area contributed by atoms with Crippen molar-refractivity contribution in [1.29, 1.82) is 0 Å². The highest BCUT2D eigenvalue weighted by molar-refractivity contribution is 5.93. The van der Waals surface area contributed by atoms with Crippen molar-refractivity contribution in [3.8, 4) is 0 Å². The van der Waals surface area contributed by atoms with Gasteiger partial charge >= 0.3 is 5.97 Å². The molecule has 5 heteroatoms. The van der Waals surface area contributed by atoms with E-state index in [0.717, 1.165) is 43.4 Å². The summed E-state index contributed by atoms with van der Waals surface area (Å²) in [5, 5.41) is 6.11. The number of fused-ring (bicyclic) bond motifs is 1. The van der Waals surface area contributed by atoms with Gasteiger partial charge in [-0.1, -0.05) is 24.3 Å². The fourth-order valence-corrected chi connectivity index (χ4v) is 3.88. The Morgan fingerprint density at radius 3 is 2.82 bits per heavy atom. The van der Waals surface area contributed by atoms with Crippen molar-refractivity contribution in [2.24, 2.45) is 0 Å². The molecule has 0 atom stereocenters. The van der Waals surface area contributed by atoms with Gasteiger partial charge in [0.05, 0.1) is 12.7 Å².